The Bertz CT molecular complexity index is 311. The summed E-state index contributed by atoms with van der Waals surface area (Å²) in [7, 11) is 0.686. The Balaban J connectivity index is 5.10. The molecule has 0 aliphatic rings. The number of hydrogen-bond acceptors (Lipinski definition) is 6. The smallest absolute Gasteiger partial charge is 0.321 e. The Morgan fingerprint density at radius 2 is 1.50 bits per heavy atom. The van der Waals surface area contributed by atoms with Gasteiger partial charge in [0.25, 0.3) is 0 Å². The molecule has 7 heteroatoms. The Morgan fingerprint density at radius 1 is 1.05 bits per heavy atom. The highest BCUT2D eigenvalue weighted by atomic mass is 28.4. The topological polar surface area (TPSA) is 73.9 Å². The second-order valence-corrected chi connectivity index (χ2v) is 10.5. The van der Waals surface area contributed by atoms with Crippen molar-refractivity contribution in [2.45, 2.75) is 46.0 Å². The number of carbonyl (C=O) groups is 2. The van der Waals surface area contributed by atoms with Crippen LogP contribution in [0.15, 0.2) is 0 Å². The van der Waals surface area contributed by atoms with E-state index in [4.69, 9.17) is 14.0 Å². The highest BCUT2D eigenvalue weighted by Crippen LogP contribution is 2.18. The van der Waals surface area contributed by atoms with E-state index in [2.05, 4.69) is 5.48 Å². The molecule has 1 unspecified atom stereocenters. The Hall–Kier alpha value is -0.923. The molecule has 0 aromatic rings. The van der Waals surface area contributed by atoms with Crippen molar-refractivity contribution in [2.75, 3.05) is 14.2 Å². The van der Waals surface area contributed by atoms with Crippen LogP contribution in [-0.2, 0) is 23.6 Å². The summed E-state index contributed by atoms with van der Waals surface area (Å²) in [6, 6.07) is -0.471. The minimum Gasteiger partial charge on any atom is -0.468 e. The largest absolute Gasteiger partial charge is 0.468 e. The molecule has 0 spiro atoms. The lowest BCUT2D eigenvalue weighted by Crippen LogP contribution is -2.49. The SMILES string of the molecule is COC(=O)C(C(=O)OC)C(CC(C)C)NO[Si](C)(C)C. The van der Waals surface area contributed by atoms with Gasteiger partial charge < -0.3 is 14.0 Å². The van der Waals surface area contributed by atoms with Crippen LogP contribution < -0.4 is 5.48 Å². The molecule has 6 nitrogen and oxygen atoms in total. The van der Waals surface area contributed by atoms with Gasteiger partial charge >= 0.3 is 11.9 Å². The van der Waals surface area contributed by atoms with Crippen LogP contribution in [0, 0.1) is 11.8 Å². The predicted octanol–water partition coefficient (Wildman–Crippen LogP) is 1.72. The van der Waals surface area contributed by atoms with Crippen LogP contribution in [0.5, 0.6) is 0 Å². The normalized spacial score (nSPS) is 13.4. The molecule has 1 atom stereocenters. The summed E-state index contributed by atoms with van der Waals surface area (Å²) in [5, 5.41) is 0. The van der Waals surface area contributed by atoms with Crippen LogP contribution in [0.2, 0.25) is 19.6 Å². The Morgan fingerprint density at radius 3 is 1.80 bits per heavy atom. The van der Waals surface area contributed by atoms with Gasteiger partial charge in [-0.3, -0.25) is 9.59 Å². The van der Waals surface area contributed by atoms with E-state index in [1.807, 2.05) is 33.5 Å². The van der Waals surface area contributed by atoms with Gasteiger partial charge in [0.05, 0.1) is 20.3 Å². The van der Waals surface area contributed by atoms with Gasteiger partial charge in [-0.05, 0) is 32.0 Å². The summed E-state index contributed by atoms with van der Waals surface area (Å²) >= 11 is 0. The maximum Gasteiger partial charge on any atom is 0.321 e. The first-order valence-corrected chi connectivity index (χ1v) is 10.1. The third-order valence-electron chi connectivity index (χ3n) is 2.55. The summed E-state index contributed by atoms with van der Waals surface area (Å²) in [6.45, 7) is 10.1. The zero-order chi connectivity index (χ0) is 15.9. The number of esters is 2. The van der Waals surface area contributed by atoms with E-state index in [9.17, 15) is 9.59 Å². The molecule has 0 fully saturated rings. The van der Waals surface area contributed by atoms with Crippen molar-refractivity contribution in [3.05, 3.63) is 0 Å². The molecule has 20 heavy (non-hydrogen) atoms. The average Bonchev–Trinajstić information content (AvgIpc) is 2.33. The lowest BCUT2D eigenvalue weighted by molar-refractivity contribution is -0.162. The van der Waals surface area contributed by atoms with E-state index >= 15 is 0 Å². The van der Waals surface area contributed by atoms with E-state index in [0.29, 0.717) is 6.42 Å². The second-order valence-electron chi connectivity index (χ2n) is 6.09. The molecule has 0 heterocycles. The van der Waals surface area contributed by atoms with Gasteiger partial charge in [-0.2, -0.15) is 0 Å². The third kappa shape index (κ3) is 7.02. The standard InChI is InChI=1S/C13H27NO5Si/c1-9(2)8-10(14-19-20(5,6)7)11(12(15)17-3)13(16)18-4/h9-11,14H,8H2,1-7H3. The van der Waals surface area contributed by atoms with Gasteiger partial charge in [0.15, 0.2) is 5.92 Å². The van der Waals surface area contributed by atoms with Gasteiger partial charge in [0, 0.05) is 0 Å². The average molecular weight is 305 g/mol. The molecule has 1 N–H and O–H groups in total. The number of nitrogens with one attached hydrogen (secondary N) is 1. The van der Waals surface area contributed by atoms with Gasteiger partial charge in [-0.25, -0.2) is 5.48 Å². The van der Waals surface area contributed by atoms with Crippen LogP contribution >= 0.6 is 0 Å². The number of hydroxylamine groups is 1. The molecule has 0 saturated heterocycles. The molecule has 0 aromatic heterocycles. The highest BCUT2D eigenvalue weighted by Gasteiger charge is 2.38. The summed E-state index contributed by atoms with van der Waals surface area (Å²) in [4.78, 5) is 23.7. The van der Waals surface area contributed by atoms with Crippen LogP contribution in [0.1, 0.15) is 20.3 Å². The van der Waals surface area contributed by atoms with Crippen LogP contribution in [0.25, 0.3) is 0 Å². The van der Waals surface area contributed by atoms with Crippen molar-refractivity contribution in [1.82, 2.24) is 5.48 Å². The number of ether oxygens (including phenoxy) is 2. The number of carbonyl (C=O) groups excluding carboxylic acids is 2. The molecule has 0 aromatic carbocycles. The lowest BCUT2D eigenvalue weighted by Gasteiger charge is -2.28. The highest BCUT2D eigenvalue weighted by molar-refractivity contribution is 6.69. The van der Waals surface area contributed by atoms with Crippen molar-refractivity contribution >= 4 is 20.3 Å². The van der Waals surface area contributed by atoms with E-state index < -0.39 is 32.2 Å². The maximum absolute atomic E-state index is 11.9. The van der Waals surface area contributed by atoms with E-state index in [0.717, 1.165) is 0 Å². The molecule has 0 amide bonds. The van der Waals surface area contributed by atoms with Crippen molar-refractivity contribution in [3.8, 4) is 0 Å². The summed E-state index contributed by atoms with van der Waals surface area (Å²) in [5.74, 6) is -1.97. The summed E-state index contributed by atoms with van der Waals surface area (Å²) in [5.41, 5.74) is 2.88. The van der Waals surface area contributed by atoms with Gasteiger partial charge in [0.1, 0.15) is 0 Å². The Kier molecular flexibility index (Phi) is 8.00. The van der Waals surface area contributed by atoms with Crippen molar-refractivity contribution in [1.29, 1.82) is 0 Å². The van der Waals surface area contributed by atoms with E-state index in [-0.39, 0.29) is 5.92 Å². The first-order chi connectivity index (χ1) is 9.12. The quantitative estimate of drug-likeness (QED) is 0.318. The fourth-order valence-corrected chi connectivity index (χ4v) is 2.20. The maximum atomic E-state index is 11.9. The number of methoxy groups -OCH3 is 2. The molecular formula is C13H27NO5Si. The zero-order valence-corrected chi connectivity index (χ0v) is 14.5. The number of hydrogen-bond donors (Lipinski definition) is 1. The lowest BCUT2D eigenvalue weighted by atomic mass is 9.92. The van der Waals surface area contributed by atoms with E-state index in [1.54, 1.807) is 0 Å². The number of rotatable bonds is 8. The minimum absolute atomic E-state index is 0.287. The van der Waals surface area contributed by atoms with Gasteiger partial charge in [-0.15, -0.1) is 0 Å². The molecule has 0 aliphatic carbocycles. The predicted molar refractivity (Wildman–Crippen MR) is 78.3 cm³/mol. The van der Waals surface area contributed by atoms with E-state index in [1.165, 1.54) is 14.2 Å². The van der Waals surface area contributed by atoms with Crippen molar-refractivity contribution in [2.24, 2.45) is 11.8 Å². The minimum atomic E-state index is -1.82. The molecule has 0 rings (SSSR count). The molecular weight excluding hydrogens is 278 g/mol. The monoisotopic (exact) mass is 305 g/mol. The summed E-state index contributed by atoms with van der Waals surface area (Å²) < 4.78 is 15.0. The van der Waals surface area contributed by atoms with Crippen molar-refractivity contribution < 1.29 is 23.6 Å². The van der Waals surface area contributed by atoms with Crippen LogP contribution in [-0.4, -0.2) is 40.5 Å². The van der Waals surface area contributed by atoms with Gasteiger partial charge in [-0.1, -0.05) is 13.8 Å². The molecule has 118 valence electrons. The third-order valence-corrected chi connectivity index (χ3v) is 3.28. The van der Waals surface area contributed by atoms with Gasteiger partial charge in [0.2, 0.25) is 8.32 Å². The van der Waals surface area contributed by atoms with Crippen molar-refractivity contribution in [3.63, 3.8) is 0 Å². The first kappa shape index (κ1) is 19.1. The first-order valence-electron chi connectivity index (χ1n) is 6.71. The summed E-state index contributed by atoms with van der Waals surface area (Å²) in [6.07, 6.45) is 0.597. The Labute approximate surface area is 122 Å². The molecule has 0 saturated carbocycles. The second kappa shape index (κ2) is 8.38. The fraction of sp³-hybridized carbons (Fsp3) is 0.846. The zero-order valence-electron chi connectivity index (χ0n) is 13.5. The molecule has 0 bridgehead atoms. The van der Waals surface area contributed by atoms with Crippen LogP contribution in [0.3, 0.4) is 0 Å². The fourth-order valence-electron chi connectivity index (χ4n) is 1.69. The molecule has 0 aliphatic heterocycles. The van der Waals surface area contributed by atoms with Crippen LogP contribution in [0.4, 0.5) is 0 Å². The molecule has 0 radical (unpaired) electrons.